The molecule has 1 N–H and O–H groups in total. The average Bonchev–Trinajstić information content (AvgIpc) is 2.55. The lowest BCUT2D eigenvalue weighted by Crippen LogP contribution is -2.30. The topological polar surface area (TPSA) is 55.1 Å². The Bertz CT molecular complexity index is 428. The monoisotopic (exact) mass is 258 g/mol. The van der Waals surface area contributed by atoms with E-state index in [0.29, 0.717) is 17.9 Å². The summed E-state index contributed by atoms with van der Waals surface area (Å²) >= 11 is 6.22. The van der Waals surface area contributed by atoms with Gasteiger partial charge in [-0.15, -0.1) is 0 Å². The van der Waals surface area contributed by atoms with Gasteiger partial charge in [-0.25, -0.2) is 0 Å². The third-order valence-electron chi connectivity index (χ3n) is 3.36. The van der Waals surface area contributed by atoms with E-state index >= 15 is 0 Å². The van der Waals surface area contributed by atoms with Crippen LogP contribution in [0.4, 0.5) is 0 Å². The molecule has 0 amide bonds. The molecule has 0 aliphatic carbocycles. The fourth-order valence-corrected chi connectivity index (χ4v) is 2.09. The number of aromatic nitrogens is 2. The molecule has 0 bridgehead atoms. The Balaban J connectivity index is 3.10. The van der Waals surface area contributed by atoms with Crippen molar-refractivity contribution in [1.82, 2.24) is 9.78 Å². The molecule has 4 nitrogen and oxygen atoms in total. The van der Waals surface area contributed by atoms with Gasteiger partial charge in [0, 0.05) is 13.5 Å². The van der Waals surface area contributed by atoms with Crippen LogP contribution < -0.4 is 0 Å². The Kier molecular flexibility index (Phi) is 4.20. The van der Waals surface area contributed by atoms with Gasteiger partial charge in [0.2, 0.25) is 0 Å². The summed E-state index contributed by atoms with van der Waals surface area (Å²) < 4.78 is 1.69. The summed E-state index contributed by atoms with van der Waals surface area (Å²) in [5, 5.41) is 14.2. The predicted molar refractivity (Wildman–Crippen MR) is 67.3 cm³/mol. The summed E-state index contributed by atoms with van der Waals surface area (Å²) in [6.07, 6.45) is 1.72. The smallest absolute Gasteiger partial charge is 0.309 e. The van der Waals surface area contributed by atoms with Crippen molar-refractivity contribution in [2.24, 2.45) is 12.5 Å². The number of halogens is 1. The molecule has 0 fully saturated rings. The zero-order chi connectivity index (χ0) is 13.2. The second kappa shape index (κ2) is 5.08. The van der Waals surface area contributed by atoms with Crippen LogP contribution in [0, 0.1) is 5.41 Å². The highest BCUT2D eigenvalue weighted by molar-refractivity contribution is 6.31. The summed E-state index contributed by atoms with van der Waals surface area (Å²) in [4.78, 5) is 11.3. The zero-order valence-electron chi connectivity index (χ0n) is 10.7. The molecule has 5 heteroatoms. The molecule has 0 aliphatic heterocycles. The van der Waals surface area contributed by atoms with E-state index in [9.17, 15) is 9.90 Å². The lowest BCUT2D eigenvalue weighted by atomic mass is 9.83. The van der Waals surface area contributed by atoms with Crippen LogP contribution in [0.5, 0.6) is 0 Å². The van der Waals surface area contributed by atoms with Gasteiger partial charge in [0.15, 0.2) is 0 Å². The Labute approximate surface area is 107 Å². The molecule has 0 aliphatic rings. The van der Waals surface area contributed by atoms with Crippen molar-refractivity contribution in [2.45, 2.75) is 40.0 Å². The minimum Gasteiger partial charge on any atom is -0.481 e. The van der Waals surface area contributed by atoms with Crippen molar-refractivity contribution in [2.75, 3.05) is 0 Å². The van der Waals surface area contributed by atoms with Gasteiger partial charge in [0.05, 0.1) is 21.8 Å². The molecule has 96 valence electrons. The van der Waals surface area contributed by atoms with Gasteiger partial charge >= 0.3 is 5.97 Å². The van der Waals surface area contributed by atoms with Crippen molar-refractivity contribution in [3.63, 3.8) is 0 Å². The Morgan fingerprint density at radius 3 is 2.47 bits per heavy atom. The van der Waals surface area contributed by atoms with Crippen LogP contribution in [0.25, 0.3) is 0 Å². The van der Waals surface area contributed by atoms with Crippen molar-refractivity contribution in [3.8, 4) is 0 Å². The molecule has 1 heterocycles. The number of carboxylic acids is 1. The fourth-order valence-electron chi connectivity index (χ4n) is 1.73. The van der Waals surface area contributed by atoms with E-state index in [1.54, 1.807) is 18.7 Å². The number of aryl methyl sites for hydroxylation is 2. The molecule has 0 saturated carbocycles. The summed E-state index contributed by atoms with van der Waals surface area (Å²) in [5.74, 6) is -0.796. The Hall–Kier alpha value is -1.03. The fraction of sp³-hybridized carbons (Fsp3) is 0.667. The highest BCUT2D eigenvalue weighted by Gasteiger charge is 2.33. The zero-order valence-corrected chi connectivity index (χ0v) is 11.5. The minimum absolute atomic E-state index is 0.404. The number of carbonyl (C=O) groups is 1. The predicted octanol–water partition coefficient (Wildman–Crippen LogP) is 2.68. The third kappa shape index (κ3) is 2.63. The maximum absolute atomic E-state index is 11.3. The van der Waals surface area contributed by atoms with Crippen molar-refractivity contribution in [3.05, 3.63) is 16.4 Å². The van der Waals surface area contributed by atoms with Crippen molar-refractivity contribution < 1.29 is 9.90 Å². The van der Waals surface area contributed by atoms with Crippen LogP contribution in [0.2, 0.25) is 5.02 Å². The minimum atomic E-state index is -0.796. The molecule has 0 aromatic carbocycles. The summed E-state index contributed by atoms with van der Waals surface area (Å²) in [6.45, 7) is 5.59. The molecule has 0 radical (unpaired) electrons. The summed E-state index contributed by atoms with van der Waals surface area (Å²) in [6, 6.07) is 0. The third-order valence-corrected chi connectivity index (χ3v) is 3.79. The van der Waals surface area contributed by atoms with Crippen LogP contribution >= 0.6 is 11.6 Å². The van der Waals surface area contributed by atoms with Crippen LogP contribution in [0.1, 0.15) is 38.6 Å². The number of nitrogens with zero attached hydrogens (tertiary/aromatic N) is 2. The van der Waals surface area contributed by atoms with Gasteiger partial charge < -0.3 is 5.11 Å². The van der Waals surface area contributed by atoms with Crippen LogP contribution in [0.15, 0.2) is 0 Å². The Morgan fingerprint density at radius 2 is 2.12 bits per heavy atom. The summed E-state index contributed by atoms with van der Waals surface area (Å²) in [5.41, 5.74) is 0.839. The van der Waals surface area contributed by atoms with Gasteiger partial charge in [0.1, 0.15) is 0 Å². The van der Waals surface area contributed by atoms with Crippen molar-refractivity contribution >= 4 is 17.6 Å². The number of aliphatic carboxylic acids is 1. The van der Waals surface area contributed by atoms with Gasteiger partial charge in [-0.05, 0) is 19.8 Å². The lowest BCUT2D eigenvalue weighted by molar-refractivity contribution is -0.148. The maximum atomic E-state index is 11.3. The molecule has 17 heavy (non-hydrogen) atoms. The van der Waals surface area contributed by atoms with E-state index in [2.05, 4.69) is 5.10 Å². The molecule has 1 aromatic rings. The molecule has 1 rings (SSSR count). The molecule has 1 aromatic heterocycles. The van der Waals surface area contributed by atoms with E-state index in [0.717, 1.165) is 17.8 Å². The standard InChI is InChI=1S/C12H19ClN2O2/c1-5-8-10(13)9(15(4)14-8)7-12(3,6-2)11(16)17/h5-7H2,1-4H3,(H,16,17). The van der Waals surface area contributed by atoms with E-state index < -0.39 is 11.4 Å². The lowest BCUT2D eigenvalue weighted by Gasteiger charge is -2.22. The number of hydrogen-bond donors (Lipinski definition) is 1. The quantitative estimate of drug-likeness (QED) is 0.883. The van der Waals surface area contributed by atoms with Crippen LogP contribution in [-0.2, 0) is 24.7 Å². The SMILES string of the molecule is CCc1nn(C)c(CC(C)(CC)C(=O)O)c1Cl. The van der Waals surface area contributed by atoms with E-state index in [-0.39, 0.29) is 0 Å². The van der Waals surface area contributed by atoms with E-state index in [1.807, 2.05) is 13.8 Å². The summed E-state index contributed by atoms with van der Waals surface area (Å²) in [7, 11) is 1.80. The Morgan fingerprint density at radius 1 is 1.53 bits per heavy atom. The van der Waals surface area contributed by atoms with Gasteiger partial charge in [-0.1, -0.05) is 25.4 Å². The second-order valence-electron chi connectivity index (χ2n) is 4.58. The molecule has 1 unspecified atom stereocenters. The van der Waals surface area contributed by atoms with Crippen LogP contribution in [-0.4, -0.2) is 20.9 Å². The molecule has 0 spiro atoms. The highest BCUT2D eigenvalue weighted by Crippen LogP contribution is 2.31. The number of hydrogen-bond acceptors (Lipinski definition) is 2. The second-order valence-corrected chi connectivity index (χ2v) is 4.96. The maximum Gasteiger partial charge on any atom is 0.309 e. The normalized spacial score (nSPS) is 14.6. The average molecular weight is 259 g/mol. The molecule has 0 saturated heterocycles. The molecular weight excluding hydrogens is 240 g/mol. The van der Waals surface area contributed by atoms with E-state index in [4.69, 9.17) is 11.6 Å². The van der Waals surface area contributed by atoms with E-state index in [1.165, 1.54) is 0 Å². The molecule has 1 atom stereocenters. The highest BCUT2D eigenvalue weighted by atomic mass is 35.5. The number of carboxylic acid groups (broad SMARTS) is 1. The largest absolute Gasteiger partial charge is 0.481 e. The van der Waals surface area contributed by atoms with Gasteiger partial charge in [-0.2, -0.15) is 5.10 Å². The first-order valence-electron chi connectivity index (χ1n) is 5.79. The number of rotatable bonds is 5. The van der Waals surface area contributed by atoms with Crippen molar-refractivity contribution in [1.29, 1.82) is 0 Å². The van der Waals surface area contributed by atoms with Crippen LogP contribution in [0.3, 0.4) is 0 Å². The first-order chi connectivity index (χ1) is 7.85. The van der Waals surface area contributed by atoms with Gasteiger partial charge in [0.25, 0.3) is 0 Å². The van der Waals surface area contributed by atoms with Gasteiger partial charge in [-0.3, -0.25) is 9.48 Å². The first-order valence-corrected chi connectivity index (χ1v) is 6.17. The molecular formula is C12H19ClN2O2. The first kappa shape index (κ1) is 14.0.